The van der Waals surface area contributed by atoms with Gasteiger partial charge in [0.1, 0.15) is 5.56 Å². The SMILES string of the molecule is Cc1cccc(NC(=O)c2c[nH]c3cc(C(F)(F)F)ccc3c2=O)c1C. The van der Waals surface area contributed by atoms with Crippen molar-refractivity contribution in [1.82, 2.24) is 4.98 Å². The van der Waals surface area contributed by atoms with Gasteiger partial charge in [0.05, 0.1) is 5.56 Å². The van der Waals surface area contributed by atoms with E-state index in [0.717, 1.165) is 35.5 Å². The van der Waals surface area contributed by atoms with E-state index in [1.54, 1.807) is 12.1 Å². The van der Waals surface area contributed by atoms with E-state index in [1.165, 1.54) is 0 Å². The average molecular weight is 360 g/mol. The maximum atomic E-state index is 12.8. The molecule has 2 N–H and O–H groups in total. The zero-order valence-electron chi connectivity index (χ0n) is 14.0. The van der Waals surface area contributed by atoms with Crippen LogP contribution in [0.5, 0.6) is 0 Å². The number of pyridine rings is 1. The Morgan fingerprint density at radius 1 is 1.12 bits per heavy atom. The van der Waals surface area contributed by atoms with E-state index < -0.39 is 23.1 Å². The number of carbonyl (C=O) groups excluding carboxylic acids is 1. The number of fused-ring (bicyclic) bond motifs is 1. The third-order valence-corrected chi connectivity index (χ3v) is 4.31. The van der Waals surface area contributed by atoms with Crippen molar-refractivity contribution in [3.63, 3.8) is 0 Å². The van der Waals surface area contributed by atoms with Gasteiger partial charge in [-0.15, -0.1) is 0 Å². The predicted octanol–water partition coefficient (Wildman–Crippen LogP) is 4.42. The number of aromatic nitrogens is 1. The first kappa shape index (κ1) is 17.7. The molecule has 0 radical (unpaired) electrons. The van der Waals surface area contributed by atoms with E-state index in [2.05, 4.69) is 10.3 Å². The largest absolute Gasteiger partial charge is 0.416 e. The van der Waals surface area contributed by atoms with Gasteiger partial charge in [-0.1, -0.05) is 12.1 Å². The van der Waals surface area contributed by atoms with Crippen LogP contribution in [0.2, 0.25) is 0 Å². The molecule has 0 atom stereocenters. The molecular weight excluding hydrogens is 345 g/mol. The molecule has 0 aliphatic heterocycles. The Morgan fingerprint density at radius 3 is 2.54 bits per heavy atom. The number of hydrogen-bond donors (Lipinski definition) is 2. The smallest absolute Gasteiger partial charge is 0.360 e. The number of alkyl halides is 3. The standard InChI is InChI=1S/C19H15F3N2O2/c1-10-4-3-5-15(11(10)2)24-18(26)14-9-23-16-8-12(19(20,21)22)6-7-13(16)17(14)25/h3-9H,1-2H3,(H,23,25)(H,24,26). The van der Waals surface area contributed by atoms with Crippen LogP contribution in [0, 0.1) is 13.8 Å². The van der Waals surface area contributed by atoms with Crippen LogP contribution in [0.3, 0.4) is 0 Å². The molecular formula is C19H15F3N2O2. The van der Waals surface area contributed by atoms with E-state index in [1.807, 2.05) is 19.9 Å². The number of amides is 1. The molecule has 3 aromatic rings. The summed E-state index contributed by atoms with van der Waals surface area (Å²) >= 11 is 0. The number of hydrogen-bond acceptors (Lipinski definition) is 2. The topological polar surface area (TPSA) is 62.0 Å². The molecule has 3 rings (SSSR count). The lowest BCUT2D eigenvalue weighted by Crippen LogP contribution is -2.22. The van der Waals surface area contributed by atoms with Crippen molar-refractivity contribution >= 4 is 22.5 Å². The van der Waals surface area contributed by atoms with Crippen molar-refractivity contribution in [2.45, 2.75) is 20.0 Å². The third kappa shape index (κ3) is 3.20. The number of benzene rings is 2. The van der Waals surface area contributed by atoms with E-state index >= 15 is 0 Å². The van der Waals surface area contributed by atoms with Gasteiger partial charge >= 0.3 is 6.18 Å². The first-order valence-electron chi connectivity index (χ1n) is 7.78. The fraction of sp³-hybridized carbons (Fsp3) is 0.158. The van der Waals surface area contributed by atoms with Crippen LogP contribution in [0.1, 0.15) is 27.0 Å². The summed E-state index contributed by atoms with van der Waals surface area (Å²) in [6.45, 7) is 3.74. The lowest BCUT2D eigenvalue weighted by atomic mass is 10.1. The molecule has 7 heteroatoms. The molecule has 0 aliphatic rings. The van der Waals surface area contributed by atoms with E-state index in [-0.39, 0.29) is 16.5 Å². The minimum Gasteiger partial charge on any atom is -0.360 e. The van der Waals surface area contributed by atoms with Crippen molar-refractivity contribution in [3.05, 3.63) is 75.1 Å². The zero-order valence-corrected chi connectivity index (χ0v) is 14.0. The van der Waals surface area contributed by atoms with Crippen molar-refractivity contribution in [1.29, 1.82) is 0 Å². The van der Waals surface area contributed by atoms with Gasteiger partial charge in [-0.25, -0.2) is 0 Å². The fourth-order valence-electron chi connectivity index (χ4n) is 2.64. The Bertz CT molecular complexity index is 1070. The lowest BCUT2D eigenvalue weighted by molar-refractivity contribution is -0.137. The van der Waals surface area contributed by atoms with Gasteiger partial charge in [-0.05, 0) is 49.2 Å². The van der Waals surface area contributed by atoms with Gasteiger partial charge < -0.3 is 10.3 Å². The Hall–Kier alpha value is -3.09. The molecule has 26 heavy (non-hydrogen) atoms. The quantitative estimate of drug-likeness (QED) is 0.711. The van der Waals surface area contributed by atoms with Gasteiger partial charge in [0.15, 0.2) is 0 Å². The van der Waals surface area contributed by atoms with Gasteiger partial charge in [0, 0.05) is 22.8 Å². The Balaban J connectivity index is 2.00. The molecule has 4 nitrogen and oxygen atoms in total. The summed E-state index contributed by atoms with van der Waals surface area (Å²) in [5.41, 5.74) is 0.777. The first-order chi connectivity index (χ1) is 12.2. The van der Waals surface area contributed by atoms with Gasteiger partial charge in [0.25, 0.3) is 5.91 Å². The van der Waals surface area contributed by atoms with E-state index in [4.69, 9.17) is 0 Å². The minimum absolute atomic E-state index is 0.0200. The highest BCUT2D eigenvalue weighted by atomic mass is 19.4. The third-order valence-electron chi connectivity index (χ3n) is 4.31. The maximum Gasteiger partial charge on any atom is 0.416 e. The Kier molecular flexibility index (Phi) is 4.31. The van der Waals surface area contributed by atoms with Crippen molar-refractivity contribution in [2.75, 3.05) is 5.32 Å². The summed E-state index contributed by atoms with van der Waals surface area (Å²) < 4.78 is 38.3. The zero-order chi connectivity index (χ0) is 19.1. The van der Waals surface area contributed by atoms with Crippen LogP contribution >= 0.6 is 0 Å². The number of halogens is 3. The second kappa shape index (κ2) is 6.33. The molecule has 1 amide bonds. The molecule has 1 heterocycles. The summed E-state index contributed by atoms with van der Waals surface area (Å²) in [6.07, 6.45) is -3.38. The summed E-state index contributed by atoms with van der Waals surface area (Å²) in [4.78, 5) is 27.6. The average Bonchev–Trinajstić information content (AvgIpc) is 2.58. The van der Waals surface area contributed by atoms with Crippen LogP contribution in [0.4, 0.5) is 18.9 Å². The molecule has 0 bridgehead atoms. The second-order valence-electron chi connectivity index (χ2n) is 5.99. The number of rotatable bonds is 2. The molecule has 0 unspecified atom stereocenters. The van der Waals surface area contributed by atoms with Crippen LogP contribution < -0.4 is 10.7 Å². The van der Waals surface area contributed by atoms with Gasteiger partial charge in [0.2, 0.25) is 5.43 Å². The normalized spacial score (nSPS) is 11.6. The highest BCUT2D eigenvalue weighted by Gasteiger charge is 2.30. The predicted molar refractivity (Wildman–Crippen MR) is 93.4 cm³/mol. The summed E-state index contributed by atoms with van der Waals surface area (Å²) in [5.74, 6) is -0.623. The molecule has 0 aliphatic carbocycles. The van der Waals surface area contributed by atoms with Crippen LogP contribution in [-0.4, -0.2) is 10.9 Å². The number of aromatic amines is 1. The van der Waals surface area contributed by atoms with Crippen LogP contribution in [-0.2, 0) is 6.18 Å². The Labute approximate surface area is 146 Å². The van der Waals surface area contributed by atoms with Crippen molar-refractivity contribution in [2.24, 2.45) is 0 Å². The van der Waals surface area contributed by atoms with Gasteiger partial charge in [-0.2, -0.15) is 13.2 Å². The number of H-pyrrole nitrogens is 1. The van der Waals surface area contributed by atoms with Gasteiger partial charge in [-0.3, -0.25) is 9.59 Å². The van der Waals surface area contributed by atoms with Crippen LogP contribution in [0.25, 0.3) is 10.9 Å². The molecule has 0 saturated heterocycles. The summed E-state index contributed by atoms with van der Waals surface area (Å²) in [5, 5.41) is 2.69. The van der Waals surface area contributed by atoms with Crippen LogP contribution in [0.15, 0.2) is 47.4 Å². The minimum atomic E-state index is -4.51. The number of aryl methyl sites for hydroxylation is 1. The summed E-state index contributed by atoms with van der Waals surface area (Å²) in [6, 6.07) is 8.14. The van der Waals surface area contributed by atoms with E-state index in [0.29, 0.717) is 5.69 Å². The maximum absolute atomic E-state index is 12.8. The summed E-state index contributed by atoms with van der Waals surface area (Å²) in [7, 11) is 0. The molecule has 0 spiro atoms. The molecule has 0 saturated carbocycles. The molecule has 2 aromatic carbocycles. The number of carbonyl (C=O) groups is 1. The number of nitrogens with one attached hydrogen (secondary N) is 2. The highest BCUT2D eigenvalue weighted by Crippen LogP contribution is 2.30. The lowest BCUT2D eigenvalue weighted by Gasteiger charge is -2.11. The Morgan fingerprint density at radius 2 is 1.85 bits per heavy atom. The van der Waals surface area contributed by atoms with Crippen molar-refractivity contribution in [3.8, 4) is 0 Å². The molecule has 134 valence electrons. The first-order valence-corrected chi connectivity index (χ1v) is 7.78. The number of anilines is 1. The van der Waals surface area contributed by atoms with Crippen molar-refractivity contribution < 1.29 is 18.0 Å². The molecule has 0 fully saturated rings. The monoisotopic (exact) mass is 360 g/mol. The second-order valence-corrected chi connectivity index (χ2v) is 5.99. The highest BCUT2D eigenvalue weighted by molar-refractivity contribution is 6.06. The van der Waals surface area contributed by atoms with E-state index in [9.17, 15) is 22.8 Å². The fourth-order valence-corrected chi connectivity index (χ4v) is 2.64. The molecule has 1 aromatic heterocycles.